The number of allylic oxidation sites excluding steroid dienone is 1. The smallest absolute Gasteiger partial charge is 0.306 e. The number of ether oxygens (including phenoxy) is 1. The van der Waals surface area contributed by atoms with Crippen molar-refractivity contribution in [2.45, 2.75) is 102 Å². The molecule has 4 aliphatic carbocycles. The van der Waals surface area contributed by atoms with E-state index < -0.39 is 35.2 Å². The quantitative estimate of drug-likeness (QED) is 0.163. The molecule has 0 bridgehead atoms. The number of hydrogen-bond acceptors (Lipinski definition) is 8. The number of aliphatic hydroxyl groups is 5. The van der Waals surface area contributed by atoms with Crippen LogP contribution in [0.5, 0.6) is 0 Å². The third-order valence-electron chi connectivity index (χ3n) is 11.5. The Morgan fingerprint density at radius 2 is 1.67 bits per heavy atom. The molecule has 222 valence electrons. The number of aliphatic hydroxyl groups excluding tert-OH is 5. The van der Waals surface area contributed by atoms with Crippen LogP contribution in [-0.2, 0) is 9.53 Å². The van der Waals surface area contributed by atoms with Gasteiger partial charge < -0.3 is 30.3 Å². The second-order valence-electron chi connectivity index (χ2n) is 13.8. The van der Waals surface area contributed by atoms with Crippen LogP contribution in [0.1, 0.15) is 78.1 Å². The molecule has 0 aromatic rings. The van der Waals surface area contributed by atoms with Crippen molar-refractivity contribution in [3.05, 3.63) is 12.7 Å². The zero-order chi connectivity index (χ0) is 28.5. The van der Waals surface area contributed by atoms with Crippen LogP contribution < -0.4 is 0 Å². The van der Waals surface area contributed by atoms with Gasteiger partial charge in [-0.25, -0.2) is 0 Å². The van der Waals surface area contributed by atoms with E-state index in [4.69, 9.17) is 17.0 Å². The van der Waals surface area contributed by atoms with E-state index in [-0.39, 0.29) is 42.9 Å². The summed E-state index contributed by atoms with van der Waals surface area (Å²) < 4.78 is 5.60. The largest absolute Gasteiger partial charge is 0.465 e. The summed E-state index contributed by atoms with van der Waals surface area (Å²) in [5.41, 5.74) is -1.61. The minimum atomic E-state index is -1.17. The van der Waals surface area contributed by atoms with Crippen LogP contribution in [-0.4, -0.2) is 74.5 Å². The molecule has 4 fully saturated rings. The van der Waals surface area contributed by atoms with Gasteiger partial charge in [0, 0.05) is 12.3 Å². The molecule has 0 heterocycles. The highest BCUT2D eigenvalue weighted by atomic mass is 32.1. The highest BCUT2D eigenvalue weighted by Gasteiger charge is 2.63. The first-order valence-electron chi connectivity index (χ1n) is 15.0. The zero-order valence-corrected chi connectivity index (χ0v) is 24.5. The standard InChI is InChI=1S/C31H50O7S/c1-4-5-6-27(35)38-16-24-22-8-7-20(23(11-12-39)21(22)9-10-25(24)33)18-13-19-15-30(2,3)28(36)29(37)31(19,17-32)26(34)14-18/h4,12,18-26,28-29,32-34,36-37H,1,5-11,13-17H2,2-3H3/t18?,19?,20?,21?,22?,23?,24-,25?,26-,28?,29+,31+/m1/s1. The Balaban J connectivity index is 1.52. The van der Waals surface area contributed by atoms with E-state index in [0.717, 1.165) is 32.1 Å². The molecule has 0 aromatic heterocycles. The van der Waals surface area contributed by atoms with Gasteiger partial charge in [0.1, 0.15) is 0 Å². The first-order valence-corrected chi connectivity index (χ1v) is 15.5. The van der Waals surface area contributed by atoms with E-state index in [0.29, 0.717) is 49.9 Å². The molecule has 5 N–H and O–H groups in total. The van der Waals surface area contributed by atoms with E-state index in [9.17, 15) is 30.3 Å². The first-order chi connectivity index (χ1) is 18.5. The van der Waals surface area contributed by atoms with Gasteiger partial charge in [-0.05, 0) is 104 Å². The van der Waals surface area contributed by atoms with Crippen molar-refractivity contribution in [3.8, 4) is 0 Å². The highest BCUT2D eigenvalue weighted by molar-refractivity contribution is 7.78. The lowest BCUT2D eigenvalue weighted by Crippen LogP contribution is -2.67. The maximum Gasteiger partial charge on any atom is 0.306 e. The van der Waals surface area contributed by atoms with Crippen molar-refractivity contribution in [3.63, 3.8) is 0 Å². The van der Waals surface area contributed by atoms with Crippen LogP contribution in [0.3, 0.4) is 0 Å². The van der Waals surface area contributed by atoms with Crippen LogP contribution in [0.25, 0.3) is 0 Å². The molecular formula is C31H50O7S. The molecule has 12 atom stereocenters. The van der Waals surface area contributed by atoms with Gasteiger partial charge in [0.15, 0.2) is 0 Å². The lowest BCUT2D eigenvalue weighted by Gasteiger charge is -2.61. The predicted octanol–water partition coefficient (Wildman–Crippen LogP) is 3.43. The summed E-state index contributed by atoms with van der Waals surface area (Å²) >= 11 is 5.38. The SMILES string of the molecule is C=CCCC(=O)OC[C@H]1C(O)CCC2C(CC=S)C(C3CC4CC(C)(C)C(O)[C@H](O)[C@]4(CO)[C@H](O)C3)CCC21. The number of thiocarbonyl (C=S) groups is 1. The molecule has 4 saturated carbocycles. The number of rotatable bonds is 9. The molecule has 0 spiro atoms. The fraction of sp³-hybridized carbons (Fsp3) is 0.871. The van der Waals surface area contributed by atoms with E-state index >= 15 is 0 Å². The molecule has 4 rings (SSSR count). The summed E-state index contributed by atoms with van der Waals surface area (Å²) in [7, 11) is 0. The van der Waals surface area contributed by atoms with Crippen LogP contribution in [0.2, 0.25) is 0 Å². The number of esters is 1. The van der Waals surface area contributed by atoms with Crippen molar-refractivity contribution in [2.24, 2.45) is 52.3 Å². The Morgan fingerprint density at radius 3 is 2.33 bits per heavy atom. The van der Waals surface area contributed by atoms with Crippen molar-refractivity contribution in [1.29, 1.82) is 0 Å². The molecular weight excluding hydrogens is 516 g/mol. The summed E-state index contributed by atoms with van der Waals surface area (Å²) in [5.74, 6) is 1.08. The Kier molecular flexibility index (Phi) is 9.98. The monoisotopic (exact) mass is 566 g/mol. The van der Waals surface area contributed by atoms with Crippen molar-refractivity contribution in [1.82, 2.24) is 0 Å². The first kappa shape index (κ1) is 31.0. The maximum absolute atomic E-state index is 12.2. The fourth-order valence-corrected chi connectivity index (χ4v) is 9.58. The predicted molar refractivity (Wildman–Crippen MR) is 153 cm³/mol. The summed E-state index contributed by atoms with van der Waals surface area (Å²) in [6.07, 6.45) is 5.23. The van der Waals surface area contributed by atoms with E-state index in [1.807, 2.05) is 19.2 Å². The van der Waals surface area contributed by atoms with Gasteiger partial charge >= 0.3 is 5.97 Å². The second-order valence-corrected chi connectivity index (χ2v) is 14.1. The lowest BCUT2D eigenvalue weighted by atomic mass is 9.47. The molecule has 4 aliphatic rings. The maximum atomic E-state index is 12.2. The molecule has 0 radical (unpaired) electrons. The van der Waals surface area contributed by atoms with Crippen LogP contribution in [0, 0.1) is 52.3 Å². The van der Waals surface area contributed by atoms with Crippen molar-refractivity contribution >= 4 is 23.6 Å². The normalized spacial score (nSPS) is 45.5. The van der Waals surface area contributed by atoms with Crippen molar-refractivity contribution in [2.75, 3.05) is 13.2 Å². The van der Waals surface area contributed by atoms with E-state index in [1.54, 1.807) is 6.08 Å². The van der Waals surface area contributed by atoms with Gasteiger partial charge in [0.2, 0.25) is 0 Å². The summed E-state index contributed by atoms with van der Waals surface area (Å²) in [5, 5.41) is 56.7. The molecule has 39 heavy (non-hydrogen) atoms. The highest BCUT2D eigenvalue weighted by Crippen LogP contribution is 2.60. The van der Waals surface area contributed by atoms with Gasteiger partial charge in [-0.3, -0.25) is 4.79 Å². The number of hydrogen-bond donors (Lipinski definition) is 5. The summed E-state index contributed by atoms with van der Waals surface area (Å²) in [4.78, 5) is 12.2. The lowest BCUT2D eigenvalue weighted by molar-refractivity contribution is -0.247. The summed E-state index contributed by atoms with van der Waals surface area (Å²) in [6, 6.07) is 0. The molecule has 8 heteroatoms. The molecule has 0 amide bonds. The fourth-order valence-electron chi connectivity index (χ4n) is 9.36. The van der Waals surface area contributed by atoms with Gasteiger partial charge in [-0.15, -0.1) is 6.58 Å². The van der Waals surface area contributed by atoms with E-state index in [1.165, 1.54) is 0 Å². The third kappa shape index (κ3) is 5.76. The Labute approximate surface area is 239 Å². The number of carbonyl (C=O) groups excluding carboxylic acids is 1. The minimum Gasteiger partial charge on any atom is -0.465 e. The van der Waals surface area contributed by atoms with E-state index in [2.05, 4.69) is 6.58 Å². The Morgan fingerprint density at radius 1 is 1.00 bits per heavy atom. The van der Waals surface area contributed by atoms with Gasteiger partial charge in [0.05, 0.1) is 43.0 Å². The third-order valence-corrected chi connectivity index (χ3v) is 11.7. The van der Waals surface area contributed by atoms with Gasteiger partial charge in [0.25, 0.3) is 0 Å². The van der Waals surface area contributed by atoms with Crippen LogP contribution >= 0.6 is 12.2 Å². The van der Waals surface area contributed by atoms with Crippen molar-refractivity contribution < 1.29 is 35.1 Å². The van der Waals surface area contributed by atoms with Gasteiger partial charge in [-0.2, -0.15) is 0 Å². The average Bonchev–Trinajstić information content (AvgIpc) is 2.90. The Hall–Kier alpha value is -0.900. The second kappa shape index (κ2) is 12.5. The van der Waals surface area contributed by atoms with Crippen LogP contribution in [0.15, 0.2) is 12.7 Å². The topological polar surface area (TPSA) is 127 Å². The van der Waals surface area contributed by atoms with Gasteiger partial charge in [-0.1, -0.05) is 32.1 Å². The molecule has 0 aromatic carbocycles. The van der Waals surface area contributed by atoms with Crippen LogP contribution in [0.4, 0.5) is 0 Å². The molecule has 0 aliphatic heterocycles. The Bertz CT molecular complexity index is 879. The molecule has 7 nitrogen and oxygen atoms in total. The average molecular weight is 567 g/mol. The zero-order valence-electron chi connectivity index (χ0n) is 23.7. The summed E-state index contributed by atoms with van der Waals surface area (Å²) in [6.45, 7) is 7.47. The minimum absolute atomic E-state index is 0.0836. The number of fused-ring (bicyclic) bond motifs is 2. The number of carbonyl (C=O) groups is 1. The molecule has 8 unspecified atom stereocenters. The molecule has 0 saturated heterocycles.